The number of hydrogen-bond acceptors (Lipinski definition) is 5. The minimum Gasteiger partial charge on any atom is -0.504 e. The fraction of sp³-hybridized carbons (Fsp3) is 0.625. The number of likely N-dealkylation sites (tertiary alicyclic amines) is 1. The lowest BCUT2D eigenvalue weighted by Gasteiger charge is -2.69. The molecule has 5 heteroatoms. The molecule has 2 aromatic carbocycles. The van der Waals surface area contributed by atoms with E-state index in [1.807, 2.05) is 19.2 Å². The van der Waals surface area contributed by atoms with Crippen LogP contribution in [0.5, 0.6) is 11.5 Å². The van der Waals surface area contributed by atoms with Gasteiger partial charge in [0.25, 0.3) is 0 Å². The molecule has 1 N–H and O–H groups in total. The van der Waals surface area contributed by atoms with Crippen LogP contribution in [0.25, 0.3) is 0 Å². The molecule has 0 radical (unpaired) electrons. The van der Waals surface area contributed by atoms with Crippen LogP contribution in [0.3, 0.4) is 0 Å². The Kier molecular flexibility index (Phi) is 5.49. The topological polar surface area (TPSA) is 51.2 Å². The Balaban J connectivity index is 1.31. The van der Waals surface area contributed by atoms with E-state index in [0.717, 1.165) is 43.9 Å². The van der Waals surface area contributed by atoms with Crippen molar-refractivity contribution in [1.29, 1.82) is 0 Å². The monoisotopic (exact) mass is 503 g/mol. The summed E-state index contributed by atoms with van der Waals surface area (Å²) in [5, 5.41) is 11.0. The Morgan fingerprint density at radius 3 is 2.68 bits per heavy atom. The molecular weight excluding hydrogens is 462 g/mol. The minimum atomic E-state index is -0.473. The SMILES string of the molecule is CC[C@@]1(OC)[C@@H](COCc2ccccc2)C[C@]2(C)C3Cc4ccc(O)c5c4C2(CCN3CC2CC2)[C@H]1O5. The second-order valence-electron chi connectivity index (χ2n) is 12.7. The van der Waals surface area contributed by atoms with Crippen LogP contribution in [0.15, 0.2) is 42.5 Å². The first kappa shape index (κ1) is 24.0. The maximum Gasteiger partial charge on any atom is 0.165 e. The van der Waals surface area contributed by atoms with E-state index in [1.165, 1.54) is 36.1 Å². The maximum atomic E-state index is 11.0. The van der Waals surface area contributed by atoms with Crippen molar-refractivity contribution in [2.75, 3.05) is 26.8 Å². The molecule has 0 amide bonds. The lowest BCUT2D eigenvalue weighted by Crippen LogP contribution is -2.77. The van der Waals surface area contributed by atoms with Gasteiger partial charge in [-0.1, -0.05) is 50.2 Å². The van der Waals surface area contributed by atoms with Gasteiger partial charge in [-0.15, -0.1) is 0 Å². The van der Waals surface area contributed by atoms with E-state index >= 15 is 0 Å². The fourth-order valence-corrected chi connectivity index (χ4v) is 9.18. The summed E-state index contributed by atoms with van der Waals surface area (Å²) < 4.78 is 20.0. The number of phenolic OH excluding ortho intramolecular Hbond substituents is 1. The summed E-state index contributed by atoms with van der Waals surface area (Å²) in [4.78, 5) is 2.82. The van der Waals surface area contributed by atoms with Gasteiger partial charge in [0.1, 0.15) is 11.7 Å². The summed E-state index contributed by atoms with van der Waals surface area (Å²) in [7, 11) is 1.86. The van der Waals surface area contributed by atoms with Crippen LogP contribution < -0.4 is 4.74 Å². The number of aromatic hydroxyl groups is 1. The van der Waals surface area contributed by atoms with Crippen molar-refractivity contribution in [2.24, 2.45) is 17.3 Å². The highest BCUT2D eigenvalue weighted by atomic mass is 16.6. The first-order valence-electron chi connectivity index (χ1n) is 14.4. The van der Waals surface area contributed by atoms with Gasteiger partial charge < -0.3 is 19.3 Å². The molecule has 3 fully saturated rings. The van der Waals surface area contributed by atoms with E-state index in [-0.39, 0.29) is 28.6 Å². The third kappa shape index (κ3) is 3.20. The largest absolute Gasteiger partial charge is 0.504 e. The number of benzene rings is 2. The van der Waals surface area contributed by atoms with Crippen LogP contribution in [0.2, 0.25) is 0 Å². The van der Waals surface area contributed by atoms with Crippen LogP contribution in [0, 0.1) is 17.3 Å². The summed E-state index contributed by atoms with van der Waals surface area (Å²) in [5.74, 6) is 2.08. The summed E-state index contributed by atoms with van der Waals surface area (Å²) in [6.07, 6.45) is 6.62. The Morgan fingerprint density at radius 2 is 1.95 bits per heavy atom. The molecular formula is C32H41NO4. The lowest BCUT2D eigenvalue weighted by atomic mass is 9.40. The molecule has 37 heavy (non-hydrogen) atoms. The minimum absolute atomic E-state index is 0.0226. The van der Waals surface area contributed by atoms with Crippen molar-refractivity contribution in [2.45, 2.75) is 82.1 Å². The van der Waals surface area contributed by atoms with Crippen LogP contribution in [0.4, 0.5) is 0 Å². The molecule has 198 valence electrons. The standard InChI is InChI=1S/C32H41NO4/c1-4-32(35-3)24(20-36-19-22-8-6-5-7-9-22)17-30(2)26-16-23-12-13-25(34)28-27(23)31(30,29(32)37-28)14-15-33(26)18-21-10-11-21/h5-9,12-13,21,24,26,29,34H,4,10-11,14-20H2,1-3H3/t24-,26?,29-,30-,31?,32-/m1/s1. The first-order valence-corrected chi connectivity index (χ1v) is 14.4. The van der Waals surface area contributed by atoms with Crippen LogP contribution in [-0.2, 0) is 27.9 Å². The second-order valence-corrected chi connectivity index (χ2v) is 12.7. The molecule has 6 atom stereocenters. The van der Waals surface area contributed by atoms with Gasteiger partial charge in [0.05, 0.1) is 13.2 Å². The van der Waals surface area contributed by atoms with Gasteiger partial charge in [-0.2, -0.15) is 0 Å². The molecule has 2 heterocycles. The van der Waals surface area contributed by atoms with E-state index in [1.54, 1.807) is 0 Å². The van der Waals surface area contributed by atoms with Gasteiger partial charge in [-0.25, -0.2) is 0 Å². The normalized spacial score (nSPS) is 37.8. The van der Waals surface area contributed by atoms with Gasteiger partial charge in [0.2, 0.25) is 0 Å². The Bertz CT molecular complexity index is 1170. The number of ether oxygens (including phenoxy) is 3. The molecule has 0 aromatic heterocycles. The van der Waals surface area contributed by atoms with E-state index in [2.05, 4.69) is 49.1 Å². The van der Waals surface area contributed by atoms with E-state index in [4.69, 9.17) is 14.2 Å². The Morgan fingerprint density at radius 1 is 1.14 bits per heavy atom. The number of piperidine rings is 1. The zero-order chi connectivity index (χ0) is 25.4. The van der Waals surface area contributed by atoms with E-state index in [0.29, 0.717) is 19.3 Å². The smallest absolute Gasteiger partial charge is 0.165 e. The fourth-order valence-electron chi connectivity index (χ4n) is 9.18. The van der Waals surface area contributed by atoms with Crippen molar-refractivity contribution < 1.29 is 19.3 Å². The van der Waals surface area contributed by atoms with Crippen LogP contribution in [-0.4, -0.2) is 54.6 Å². The number of methoxy groups -OCH3 is 1. The van der Waals surface area contributed by atoms with Crippen molar-refractivity contribution in [3.8, 4) is 11.5 Å². The maximum absolute atomic E-state index is 11.0. The van der Waals surface area contributed by atoms with Gasteiger partial charge in [-0.3, -0.25) is 4.90 Å². The molecule has 5 nitrogen and oxygen atoms in total. The molecule has 7 rings (SSSR count). The van der Waals surface area contributed by atoms with Crippen molar-refractivity contribution >= 4 is 0 Å². The molecule has 5 aliphatic rings. The highest BCUT2D eigenvalue weighted by Gasteiger charge is 2.76. The molecule has 2 aliphatic heterocycles. The molecule has 2 saturated carbocycles. The average Bonchev–Trinajstić information content (AvgIpc) is 3.65. The zero-order valence-corrected chi connectivity index (χ0v) is 22.5. The molecule has 1 spiro atoms. The van der Waals surface area contributed by atoms with Gasteiger partial charge in [0.15, 0.2) is 11.5 Å². The first-order chi connectivity index (χ1) is 18.0. The Hall–Kier alpha value is -2.08. The summed E-state index contributed by atoms with van der Waals surface area (Å²) in [6, 6.07) is 14.9. The molecule has 2 aromatic rings. The number of nitrogens with zero attached hydrogens (tertiary/aromatic N) is 1. The third-order valence-electron chi connectivity index (χ3n) is 11.1. The van der Waals surface area contributed by atoms with Crippen LogP contribution in [0.1, 0.15) is 62.6 Å². The number of hydrogen-bond donors (Lipinski definition) is 1. The molecule has 3 aliphatic carbocycles. The third-order valence-corrected chi connectivity index (χ3v) is 11.1. The Labute approximate surface area is 221 Å². The molecule has 2 bridgehead atoms. The average molecular weight is 504 g/mol. The molecule has 2 unspecified atom stereocenters. The highest BCUT2D eigenvalue weighted by Crippen LogP contribution is 2.72. The van der Waals surface area contributed by atoms with Gasteiger partial charge in [0, 0.05) is 36.6 Å². The zero-order valence-electron chi connectivity index (χ0n) is 22.5. The van der Waals surface area contributed by atoms with Crippen molar-refractivity contribution in [1.82, 2.24) is 4.90 Å². The highest BCUT2D eigenvalue weighted by molar-refractivity contribution is 5.62. The number of phenols is 1. The van der Waals surface area contributed by atoms with E-state index < -0.39 is 5.60 Å². The quantitative estimate of drug-likeness (QED) is 0.518. The van der Waals surface area contributed by atoms with E-state index in [9.17, 15) is 5.11 Å². The predicted molar refractivity (Wildman–Crippen MR) is 143 cm³/mol. The van der Waals surface area contributed by atoms with Gasteiger partial charge in [-0.05, 0) is 73.6 Å². The summed E-state index contributed by atoms with van der Waals surface area (Å²) in [5.41, 5.74) is 3.26. The number of rotatable bonds is 8. The molecule has 1 saturated heterocycles. The summed E-state index contributed by atoms with van der Waals surface area (Å²) in [6.45, 7) is 8.35. The van der Waals surface area contributed by atoms with Crippen molar-refractivity contribution in [3.63, 3.8) is 0 Å². The second kappa shape index (κ2) is 8.46. The lowest BCUT2D eigenvalue weighted by molar-refractivity contribution is -0.241. The predicted octanol–water partition coefficient (Wildman–Crippen LogP) is 5.47. The van der Waals surface area contributed by atoms with Crippen LogP contribution >= 0.6 is 0 Å². The van der Waals surface area contributed by atoms with Crippen molar-refractivity contribution in [3.05, 3.63) is 59.2 Å². The van der Waals surface area contributed by atoms with Gasteiger partial charge >= 0.3 is 0 Å². The summed E-state index contributed by atoms with van der Waals surface area (Å²) >= 11 is 0.